The fourth-order valence-electron chi connectivity index (χ4n) is 5.06. The molecule has 0 aliphatic heterocycles. The summed E-state index contributed by atoms with van der Waals surface area (Å²) in [6.07, 6.45) is 0.878. The van der Waals surface area contributed by atoms with Crippen molar-refractivity contribution < 1.29 is 94.7 Å². The fourth-order valence-corrected chi connectivity index (χ4v) is 30.8. The van der Waals surface area contributed by atoms with Crippen molar-refractivity contribution in [3.05, 3.63) is 136 Å². The monoisotopic (exact) mass is 1040 g/mol. The Bertz CT molecular complexity index is 1820. The van der Waals surface area contributed by atoms with Gasteiger partial charge in [0, 0.05) is 0 Å². The molecule has 0 saturated heterocycles. The van der Waals surface area contributed by atoms with Crippen molar-refractivity contribution in [2.24, 2.45) is 0 Å². The number of hydrogen-bond acceptors (Lipinski definition) is 6. The van der Waals surface area contributed by atoms with Crippen LogP contribution < -0.4 is 37.7 Å². The average Bonchev–Trinajstić information content (AvgIpc) is 3.16. The van der Waals surface area contributed by atoms with E-state index < -0.39 is 80.3 Å². The van der Waals surface area contributed by atoms with E-state index in [-0.39, 0.29) is 36.0 Å². The number of alkyl halides is 10. The van der Waals surface area contributed by atoms with Gasteiger partial charge in [-0.25, -0.2) is 0 Å². The summed E-state index contributed by atoms with van der Waals surface area (Å²) in [5.74, 6) is -15.2. The van der Waals surface area contributed by atoms with Crippen LogP contribution >= 0.6 is 0 Å². The number of benzene rings is 4. The first-order valence-corrected chi connectivity index (χ1v) is 28.3. The summed E-state index contributed by atoms with van der Waals surface area (Å²) in [4.78, 5) is 0. The molecule has 298 valence electrons. The van der Waals surface area contributed by atoms with Crippen LogP contribution in [0.4, 0.5) is 35.1 Å². The van der Waals surface area contributed by atoms with E-state index in [1.165, 1.54) is 121 Å². The zero-order chi connectivity index (χ0) is 40.1. The van der Waals surface area contributed by atoms with Crippen molar-refractivity contribution in [2.75, 3.05) is 8.86 Å². The molecule has 0 spiro atoms. The van der Waals surface area contributed by atoms with Crippen LogP contribution in [0.2, 0.25) is 0 Å². The zero-order valence-corrected chi connectivity index (χ0v) is 34.8. The Morgan fingerprint density at radius 1 is 0.444 bits per heavy atom. The molecule has 4 rings (SSSR count). The molecule has 0 fully saturated rings. The van der Waals surface area contributed by atoms with Crippen LogP contribution in [0.5, 0.6) is 0 Å². The third kappa shape index (κ3) is 8.05. The van der Waals surface area contributed by atoms with Gasteiger partial charge in [0.1, 0.15) is 0 Å². The first kappa shape index (κ1) is 44.3. The maximum absolute atomic E-state index is 15.8. The van der Waals surface area contributed by atoms with Gasteiger partial charge in [-0.3, -0.25) is 0 Å². The fraction of sp³-hybridized carbons (Fsp3) is 0.333. The van der Waals surface area contributed by atoms with Crippen molar-refractivity contribution in [3.8, 4) is 0 Å². The molecule has 0 saturated carbocycles. The molecule has 4 aromatic carbocycles. The Morgan fingerprint density at radius 2 is 0.667 bits per heavy atom. The summed E-state index contributed by atoms with van der Waals surface area (Å²) >= 11 is -10.5. The molecule has 4 aromatic rings. The molecule has 0 bridgehead atoms. The molecule has 0 atom stereocenters. The van der Waals surface area contributed by atoms with Gasteiger partial charge in [-0.15, -0.1) is 0 Å². The maximum atomic E-state index is 15.8. The van der Waals surface area contributed by atoms with Crippen LogP contribution in [0.15, 0.2) is 121 Å². The quantitative estimate of drug-likeness (QED) is 0.0815. The van der Waals surface area contributed by atoms with Gasteiger partial charge in [0.15, 0.2) is 0 Å². The summed E-state index contributed by atoms with van der Waals surface area (Å²) in [7, 11) is -14.5. The second-order valence-corrected chi connectivity index (χ2v) is 31.3. The Balaban J connectivity index is 1.85. The van der Waals surface area contributed by atoms with Crippen molar-refractivity contribution in [2.45, 2.75) is 61.9 Å². The van der Waals surface area contributed by atoms with Gasteiger partial charge in [0.05, 0.1) is 0 Å². The minimum atomic E-state index is -7.58. The molecule has 18 heteroatoms. The number of unbranched alkanes of at least 4 members (excludes halogenated alkanes) is 2. The summed E-state index contributed by atoms with van der Waals surface area (Å²) < 4.78 is 189. The standard InChI is InChI=1S/C36H38F8I2O6S2/c1-3-5-27-45(29-19-11-7-12-20-29,30-21-13-8-14-22-30)51-53(47,48)35(41,42)33(37,38)34(39,40)36(43,44)54(49,50)52-46(28-6-4-2,31-23-15-9-16-24-31)32-25-17-10-18-26-32/h7-26H,3-6,27-28H2,1-2H3/q+2. The average molecular weight is 1040 g/mol. The van der Waals surface area contributed by atoms with Gasteiger partial charge >= 0.3 is 321 Å². The van der Waals surface area contributed by atoms with Crippen LogP contribution in [-0.4, -0.2) is 48.0 Å². The summed E-state index contributed by atoms with van der Waals surface area (Å²) in [6.45, 7) is 3.31. The van der Waals surface area contributed by atoms with Crippen molar-refractivity contribution in [3.63, 3.8) is 0 Å². The van der Waals surface area contributed by atoms with Gasteiger partial charge < -0.3 is 0 Å². The Kier molecular flexibility index (Phi) is 13.9. The van der Waals surface area contributed by atoms with E-state index in [4.69, 9.17) is 5.03 Å². The molecule has 0 radical (unpaired) electrons. The SMILES string of the molecule is CCCC[I+](OS(=O)(=O)C(F)(F)C(F)(F)C(F)(F)C(F)(F)S(=O)(=O)O[I+](CCCC)(c1ccccc1)c1ccccc1)(c1ccccc1)c1ccccc1. The molecule has 0 heterocycles. The van der Waals surface area contributed by atoms with E-state index in [0.717, 1.165) is 0 Å². The van der Waals surface area contributed by atoms with Crippen LogP contribution in [-0.2, 0) is 25.3 Å². The third-order valence-corrected chi connectivity index (χ3v) is 32.5. The van der Waals surface area contributed by atoms with Crippen LogP contribution in [0, 0.1) is 14.3 Å². The van der Waals surface area contributed by atoms with Gasteiger partial charge in [0.25, 0.3) is 0 Å². The Morgan fingerprint density at radius 3 is 0.870 bits per heavy atom. The summed E-state index contributed by atoms with van der Waals surface area (Å²) in [6, 6.07) is 27.4. The second kappa shape index (κ2) is 17.0. The second-order valence-electron chi connectivity index (χ2n) is 11.7. The van der Waals surface area contributed by atoms with E-state index in [2.05, 4.69) is 0 Å². The molecule has 0 N–H and O–H groups in total. The van der Waals surface area contributed by atoms with Crippen LogP contribution in [0.1, 0.15) is 39.5 Å². The van der Waals surface area contributed by atoms with Gasteiger partial charge in [-0.1, -0.05) is 0 Å². The molecule has 54 heavy (non-hydrogen) atoms. The molecular weight excluding hydrogens is 998 g/mol. The predicted octanol–water partition coefficient (Wildman–Crippen LogP) is 3.37. The molecule has 0 amide bonds. The van der Waals surface area contributed by atoms with E-state index in [1.807, 2.05) is 0 Å². The molecule has 0 unspecified atom stereocenters. The summed E-state index contributed by atoms with van der Waals surface area (Å²) in [5, 5.41) is -14.2. The number of hydrogen-bond donors (Lipinski definition) is 0. The first-order valence-electron chi connectivity index (χ1n) is 16.3. The van der Waals surface area contributed by atoms with E-state index >= 15 is 35.1 Å². The number of halogens is 10. The normalized spacial score (nSPS) is 14.5. The summed E-state index contributed by atoms with van der Waals surface area (Å²) in [5.41, 5.74) is 0. The van der Waals surface area contributed by atoms with Crippen LogP contribution in [0.25, 0.3) is 0 Å². The molecule has 0 aromatic heterocycles. The Hall–Kier alpha value is -2.40. The van der Waals surface area contributed by atoms with Crippen molar-refractivity contribution in [1.82, 2.24) is 0 Å². The number of rotatable bonds is 19. The van der Waals surface area contributed by atoms with E-state index in [1.54, 1.807) is 13.8 Å². The van der Waals surface area contributed by atoms with Crippen molar-refractivity contribution >= 4 is 20.2 Å². The Labute approximate surface area is 319 Å². The molecular formula is C36H38F8I2O6S2+2. The molecule has 0 aliphatic carbocycles. The van der Waals surface area contributed by atoms with Crippen molar-refractivity contribution in [1.29, 1.82) is 0 Å². The molecule has 6 nitrogen and oxygen atoms in total. The topological polar surface area (TPSA) is 86.7 Å². The minimum absolute atomic E-state index is 0.0106. The van der Waals surface area contributed by atoms with Gasteiger partial charge in [-0.2, -0.15) is 0 Å². The predicted molar refractivity (Wildman–Crippen MR) is 180 cm³/mol. The van der Waals surface area contributed by atoms with Crippen LogP contribution in [0.3, 0.4) is 0 Å². The van der Waals surface area contributed by atoms with Gasteiger partial charge in [-0.05, 0) is 0 Å². The van der Waals surface area contributed by atoms with Gasteiger partial charge in [0.2, 0.25) is 0 Å². The molecule has 0 aliphatic rings. The van der Waals surface area contributed by atoms with E-state index in [0.29, 0.717) is 12.8 Å². The zero-order valence-electron chi connectivity index (χ0n) is 28.8. The first-order chi connectivity index (χ1) is 25.2. The van der Waals surface area contributed by atoms with E-state index in [9.17, 15) is 16.8 Å². The third-order valence-electron chi connectivity index (χ3n) is 7.98.